The molecule has 0 amide bonds. The van der Waals surface area contributed by atoms with Crippen LogP contribution in [-0.2, 0) is 13.0 Å². The van der Waals surface area contributed by atoms with Crippen LogP contribution in [0, 0.1) is 12.7 Å². The van der Waals surface area contributed by atoms with Crippen molar-refractivity contribution in [1.82, 2.24) is 15.1 Å². The van der Waals surface area contributed by atoms with E-state index in [1.807, 2.05) is 11.6 Å². The quantitative estimate of drug-likeness (QED) is 0.813. The molecule has 0 saturated carbocycles. The molecule has 0 unspecified atom stereocenters. The van der Waals surface area contributed by atoms with Crippen LogP contribution in [-0.4, -0.2) is 16.3 Å². The van der Waals surface area contributed by atoms with Gasteiger partial charge in [-0.15, -0.1) is 0 Å². The van der Waals surface area contributed by atoms with E-state index in [2.05, 4.69) is 10.4 Å². The topological polar surface area (TPSA) is 29.9 Å². The van der Waals surface area contributed by atoms with Gasteiger partial charge in [-0.2, -0.15) is 5.10 Å². The van der Waals surface area contributed by atoms with E-state index in [1.54, 1.807) is 12.1 Å². The minimum atomic E-state index is -0.215. The van der Waals surface area contributed by atoms with Gasteiger partial charge in [0.05, 0.1) is 17.1 Å². The minimum Gasteiger partial charge on any atom is -0.312 e. The van der Waals surface area contributed by atoms with Gasteiger partial charge >= 0.3 is 0 Å². The third kappa shape index (κ3) is 1.74. The lowest BCUT2D eigenvalue weighted by Crippen LogP contribution is -2.24. The standard InChI is InChI=1S/C13H14FN3/c1-9-12-8-15-7-6-13(12)17(16-9)11-4-2-10(14)3-5-11/h2-5,15H,6-8H2,1H3. The molecular formula is C13H14FN3. The van der Waals surface area contributed by atoms with Crippen LogP contribution in [0.1, 0.15) is 17.0 Å². The Hall–Kier alpha value is -1.68. The molecule has 4 heteroatoms. The molecule has 1 N–H and O–H groups in total. The largest absolute Gasteiger partial charge is 0.312 e. The van der Waals surface area contributed by atoms with Crippen LogP contribution in [0.15, 0.2) is 24.3 Å². The van der Waals surface area contributed by atoms with E-state index in [0.717, 1.165) is 30.9 Å². The van der Waals surface area contributed by atoms with Gasteiger partial charge in [-0.25, -0.2) is 9.07 Å². The number of fused-ring (bicyclic) bond motifs is 1. The first kappa shape index (κ1) is 10.5. The lowest BCUT2D eigenvalue weighted by Gasteiger charge is -2.15. The fraction of sp³-hybridized carbons (Fsp3) is 0.308. The van der Waals surface area contributed by atoms with Crippen molar-refractivity contribution in [2.45, 2.75) is 19.9 Å². The van der Waals surface area contributed by atoms with Crippen molar-refractivity contribution in [3.63, 3.8) is 0 Å². The van der Waals surface area contributed by atoms with Crippen LogP contribution in [0.5, 0.6) is 0 Å². The van der Waals surface area contributed by atoms with Gasteiger partial charge in [0.15, 0.2) is 0 Å². The summed E-state index contributed by atoms with van der Waals surface area (Å²) in [6.45, 7) is 3.87. The number of nitrogens with zero attached hydrogens (tertiary/aromatic N) is 2. The number of nitrogens with one attached hydrogen (secondary N) is 1. The van der Waals surface area contributed by atoms with Crippen molar-refractivity contribution >= 4 is 0 Å². The molecular weight excluding hydrogens is 217 g/mol. The second-order valence-corrected chi connectivity index (χ2v) is 4.33. The SMILES string of the molecule is Cc1nn(-c2ccc(F)cc2)c2c1CNCC2. The fourth-order valence-corrected chi connectivity index (χ4v) is 2.31. The van der Waals surface area contributed by atoms with Crippen LogP contribution in [0.4, 0.5) is 4.39 Å². The maximum Gasteiger partial charge on any atom is 0.123 e. The monoisotopic (exact) mass is 231 g/mol. The zero-order valence-corrected chi connectivity index (χ0v) is 9.70. The average molecular weight is 231 g/mol. The molecule has 17 heavy (non-hydrogen) atoms. The molecule has 0 atom stereocenters. The molecule has 3 nitrogen and oxygen atoms in total. The lowest BCUT2D eigenvalue weighted by atomic mass is 10.1. The van der Waals surface area contributed by atoms with Crippen molar-refractivity contribution in [1.29, 1.82) is 0 Å². The summed E-state index contributed by atoms with van der Waals surface area (Å²) >= 11 is 0. The molecule has 88 valence electrons. The van der Waals surface area contributed by atoms with E-state index >= 15 is 0 Å². The van der Waals surface area contributed by atoms with E-state index in [1.165, 1.54) is 23.4 Å². The highest BCUT2D eigenvalue weighted by atomic mass is 19.1. The number of benzene rings is 1. The van der Waals surface area contributed by atoms with Crippen LogP contribution < -0.4 is 5.32 Å². The fourth-order valence-electron chi connectivity index (χ4n) is 2.31. The number of halogens is 1. The highest BCUT2D eigenvalue weighted by Crippen LogP contribution is 2.21. The lowest BCUT2D eigenvalue weighted by molar-refractivity contribution is 0.618. The first-order valence-corrected chi connectivity index (χ1v) is 5.80. The Balaban J connectivity index is 2.11. The second kappa shape index (κ2) is 3.96. The normalized spacial score (nSPS) is 14.7. The summed E-state index contributed by atoms with van der Waals surface area (Å²) in [7, 11) is 0. The van der Waals surface area contributed by atoms with Gasteiger partial charge < -0.3 is 5.32 Å². The molecule has 0 radical (unpaired) electrons. The Bertz CT molecular complexity index is 543. The maximum absolute atomic E-state index is 12.9. The van der Waals surface area contributed by atoms with Crippen LogP contribution in [0.25, 0.3) is 5.69 Å². The van der Waals surface area contributed by atoms with Gasteiger partial charge in [0, 0.05) is 25.1 Å². The van der Waals surface area contributed by atoms with Gasteiger partial charge in [-0.1, -0.05) is 0 Å². The second-order valence-electron chi connectivity index (χ2n) is 4.33. The Morgan fingerprint density at radius 3 is 2.82 bits per heavy atom. The van der Waals surface area contributed by atoms with Gasteiger partial charge in [0.1, 0.15) is 5.82 Å². The molecule has 2 aromatic rings. The van der Waals surface area contributed by atoms with E-state index in [-0.39, 0.29) is 5.82 Å². The Morgan fingerprint density at radius 1 is 1.29 bits per heavy atom. The molecule has 0 aliphatic carbocycles. The molecule has 1 aliphatic heterocycles. The maximum atomic E-state index is 12.9. The van der Waals surface area contributed by atoms with Crippen LogP contribution in [0.3, 0.4) is 0 Å². The van der Waals surface area contributed by atoms with E-state index < -0.39 is 0 Å². The summed E-state index contributed by atoms with van der Waals surface area (Å²) in [4.78, 5) is 0. The third-order valence-electron chi connectivity index (χ3n) is 3.20. The number of aryl methyl sites for hydroxylation is 1. The minimum absolute atomic E-state index is 0.215. The molecule has 1 aromatic carbocycles. The third-order valence-corrected chi connectivity index (χ3v) is 3.20. The summed E-state index contributed by atoms with van der Waals surface area (Å²) in [5.74, 6) is -0.215. The van der Waals surface area contributed by atoms with E-state index in [9.17, 15) is 4.39 Å². The molecule has 0 saturated heterocycles. The molecule has 0 bridgehead atoms. The first-order valence-electron chi connectivity index (χ1n) is 5.80. The van der Waals surface area contributed by atoms with Crippen molar-refractivity contribution in [2.75, 3.05) is 6.54 Å². The number of hydrogen-bond acceptors (Lipinski definition) is 2. The summed E-state index contributed by atoms with van der Waals surface area (Å²) in [5.41, 5.74) is 4.50. The van der Waals surface area contributed by atoms with Gasteiger partial charge in [0.2, 0.25) is 0 Å². The van der Waals surface area contributed by atoms with E-state index in [4.69, 9.17) is 0 Å². The molecule has 0 fully saturated rings. The smallest absolute Gasteiger partial charge is 0.123 e. The first-order chi connectivity index (χ1) is 8.25. The van der Waals surface area contributed by atoms with Crippen molar-refractivity contribution in [2.24, 2.45) is 0 Å². The highest BCUT2D eigenvalue weighted by Gasteiger charge is 2.18. The molecule has 0 spiro atoms. The van der Waals surface area contributed by atoms with Crippen molar-refractivity contribution in [3.8, 4) is 5.69 Å². The molecule has 1 aromatic heterocycles. The summed E-state index contributed by atoms with van der Waals surface area (Å²) in [6, 6.07) is 6.48. The molecule has 1 aliphatic rings. The summed E-state index contributed by atoms with van der Waals surface area (Å²) in [5, 5.41) is 7.89. The van der Waals surface area contributed by atoms with Crippen LogP contribution in [0.2, 0.25) is 0 Å². The van der Waals surface area contributed by atoms with E-state index in [0.29, 0.717) is 0 Å². The Labute approximate surface area is 99.3 Å². The van der Waals surface area contributed by atoms with Gasteiger partial charge in [0.25, 0.3) is 0 Å². The predicted octanol–water partition coefficient (Wildman–Crippen LogP) is 1.97. The molecule has 3 rings (SSSR count). The van der Waals surface area contributed by atoms with Crippen LogP contribution >= 0.6 is 0 Å². The zero-order valence-electron chi connectivity index (χ0n) is 9.70. The highest BCUT2D eigenvalue weighted by molar-refractivity contribution is 5.38. The van der Waals surface area contributed by atoms with Crippen molar-refractivity contribution < 1.29 is 4.39 Å². The Kier molecular flexibility index (Phi) is 2.44. The average Bonchev–Trinajstić information content (AvgIpc) is 2.69. The predicted molar refractivity (Wildman–Crippen MR) is 63.7 cm³/mol. The number of hydrogen-bond donors (Lipinski definition) is 1. The number of rotatable bonds is 1. The van der Waals surface area contributed by atoms with Gasteiger partial charge in [-0.3, -0.25) is 0 Å². The van der Waals surface area contributed by atoms with Gasteiger partial charge in [-0.05, 0) is 31.2 Å². The summed E-state index contributed by atoms with van der Waals surface area (Å²) < 4.78 is 14.8. The zero-order chi connectivity index (χ0) is 11.8. The summed E-state index contributed by atoms with van der Waals surface area (Å²) in [6.07, 6.45) is 0.966. The van der Waals surface area contributed by atoms with Crippen molar-refractivity contribution in [3.05, 3.63) is 47.0 Å². The Morgan fingerprint density at radius 2 is 2.06 bits per heavy atom. The number of aromatic nitrogens is 2. The molecule has 2 heterocycles.